The van der Waals surface area contributed by atoms with Gasteiger partial charge in [0.2, 0.25) is 0 Å². The minimum Gasteiger partial charge on any atom is -0.384 e. The van der Waals surface area contributed by atoms with E-state index in [1.807, 2.05) is 36.4 Å². The second-order valence-electron chi connectivity index (χ2n) is 7.49. The van der Waals surface area contributed by atoms with Crippen molar-refractivity contribution in [1.82, 2.24) is 9.97 Å². The highest BCUT2D eigenvalue weighted by Gasteiger charge is 2.19. The molecule has 1 fully saturated rings. The molecule has 4 aromatic rings. The molecule has 0 amide bonds. The molecule has 0 spiro atoms. The quantitative estimate of drug-likeness (QED) is 0.549. The Morgan fingerprint density at radius 1 is 0.621 bits per heavy atom. The first-order chi connectivity index (χ1) is 14.2. The van der Waals surface area contributed by atoms with E-state index < -0.39 is 0 Å². The summed E-state index contributed by atoms with van der Waals surface area (Å²) in [4.78, 5) is 13.8. The normalized spacial score (nSPS) is 15.0. The molecule has 0 saturated carbocycles. The van der Waals surface area contributed by atoms with Gasteiger partial charge < -0.3 is 21.3 Å². The maximum Gasteiger partial charge on any atom is 0.126 e. The molecule has 1 saturated heterocycles. The highest BCUT2D eigenvalue weighted by molar-refractivity contribution is 5.94. The minimum atomic E-state index is 0.563. The molecule has 3 heterocycles. The lowest BCUT2D eigenvalue weighted by molar-refractivity contribution is 0.808. The zero-order valence-electron chi connectivity index (χ0n) is 16.3. The Kier molecular flexibility index (Phi) is 4.31. The molecule has 146 valence electrons. The molecule has 1 aliphatic heterocycles. The number of pyridine rings is 2. The maximum atomic E-state index is 6.10. The number of fused-ring (bicyclic) bond motifs is 2. The fraction of sp³-hybridized carbons (Fsp3) is 0.217. The lowest BCUT2D eigenvalue weighted by Crippen LogP contribution is -2.31. The average Bonchev–Trinajstić information content (AvgIpc) is 2.98. The number of hydrogen-bond acceptors (Lipinski definition) is 6. The summed E-state index contributed by atoms with van der Waals surface area (Å²) in [6, 6.07) is 20.4. The van der Waals surface area contributed by atoms with Crippen LogP contribution in [0.1, 0.15) is 6.42 Å². The van der Waals surface area contributed by atoms with Crippen molar-refractivity contribution in [2.75, 3.05) is 47.4 Å². The van der Waals surface area contributed by atoms with Gasteiger partial charge in [0.05, 0.1) is 11.0 Å². The van der Waals surface area contributed by atoms with E-state index in [0.717, 1.165) is 65.8 Å². The molecule has 6 nitrogen and oxygen atoms in total. The predicted molar refractivity (Wildman–Crippen MR) is 121 cm³/mol. The van der Waals surface area contributed by atoms with Crippen molar-refractivity contribution in [3.8, 4) is 0 Å². The molecule has 0 unspecified atom stereocenters. The lowest BCUT2D eigenvalue weighted by atomic mass is 10.1. The van der Waals surface area contributed by atoms with Crippen LogP contribution in [0.25, 0.3) is 21.8 Å². The van der Waals surface area contributed by atoms with Crippen molar-refractivity contribution in [1.29, 1.82) is 0 Å². The minimum absolute atomic E-state index is 0.563. The van der Waals surface area contributed by atoms with E-state index in [0.29, 0.717) is 11.6 Å². The van der Waals surface area contributed by atoms with E-state index in [4.69, 9.17) is 11.5 Å². The molecule has 2 aromatic heterocycles. The van der Waals surface area contributed by atoms with E-state index in [1.54, 1.807) is 0 Å². The van der Waals surface area contributed by atoms with Crippen molar-refractivity contribution < 1.29 is 0 Å². The van der Waals surface area contributed by atoms with E-state index in [1.165, 1.54) is 0 Å². The number of anilines is 4. The SMILES string of the molecule is Nc1cc(N2CCCN(c3cc(N)nc4ccccc34)CC2)c2ccccc2n1. The van der Waals surface area contributed by atoms with Crippen molar-refractivity contribution in [2.24, 2.45) is 0 Å². The Hall–Kier alpha value is -3.54. The van der Waals surface area contributed by atoms with Gasteiger partial charge in [0.15, 0.2) is 0 Å². The van der Waals surface area contributed by atoms with Crippen LogP contribution in [0, 0.1) is 0 Å². The third kappa shape index (κ3) is 3.27. The number of hydrogen-bond donors (Lipinski definition) is 2. The number of rotatable bonds is 2. The topological polar surface area (TPSA) is 84.3 Å². The largest absolute Gasteiger partial charge is 0.384 e. The van der Waals surface area contributed by atoms with Crippen molar-refractivity contribution >= 4 is 44.8 Å². The van der Waals surface area contributed by atoms with Crippen molar-refractivity contribution in [3.05, 3.63) is 60.7 Å². The number of benzene rings is 2. The van der Waals surface area contributed by atoms with Gasteiger partial charge in [-0.2, -0.15) is 0 Å². The first-order valence-corrected chi connectivity index (χ1v) is 9.99. The molecular weight excluding hydrogens is 360 g/mol. The van der Waals surface area contributed by atoms with Crippen LogP contribution in [0.2, 0.25) is 0 Å². The van der Waals surface area contributed by atoms with Gasteiger partial charge in [0.1, 0.15) is 11.6 Å². The molecule has 4 N–H and O–H groups in total. The second kappa shape index (κ2) is 7.13. The van der Waals surface area contributed by atoms with Crippen LogP contribution in [-0.2, 0) is 0 Å². The molecule has 0 radical (unpaired) electrons. The second-order valence-corrected chi connectivity index (χ2v) is 7.49. The van der Waals surface area contributed by atoms with Crippen LogP contribution in [0.15, 0.2) is 60.7 Å². The van der Waals surface area contributed by atoms with Crippen LogP contribution >= 0.6 is 0 Å². The Labute approximate surface area is 169 Å². The fourth-order valence-electron chi connectivity index (χ4n) is 4.28. The number of aromatic nitrogens is 2. The summed E-state index contributed by atoms with van der Waals surface area (Å²) in [6.45, 7) is 3.76. The zero-order valence-corrected chi connectivity index (χ0v) is 16.3. The highest BCUT2D eigenvalue weighted by atomic mass is 15.2. The van der Waals surface area contributed by atoms with E-state index in [-0.39, 0.29) is 0 Å². The Morgan fingerprint density at radius 2 is 1.07 bits per heavy atom. The molecule has 0 bridgehead atoms. The number of para-hydroxylation sites is 2. The van der Waals surface area contributed by atoms with Crippen LogP contribution in [-0.4, -0.2) is 36.1 Å². The third-order valence-corrected chi connectivity index (χ3v) is 5.61. The molecule has 5 rings (SSSR count). The first-order valence-electron chi connectivity index (χ1n) is 9.99. The van der Waals surface area contributed by atoms with E-state index in [9.17, 15) is 0 Å². The predicted octanol–water partition coefficient (Wildman–Crippen LogP) is 3.66. The third-order valence-electron chi connectivity index (χ3n) is 5.61. The standard InChI is InChI=1S/C23H24N6/c24-22-14-20(16-6-1-3-8-18(16)26-22)28-10-5-11-29(13-12-28)21-15-23(25)27-19-9-4-2-7-17(19)21/h1-4,6-9,14-15H,5,10-13H2,(H2,24,26)(H2,25,27). The van der Waals surface area contributed by atoms with Gasteiger partial charge in [0, 0.05) is 60.5 Å². The molecule has 0 aliphatic carbocycles. The summed E-state index contributed by atoms with van der Waals surface area (Å²) in [6.07, 6.45) is 1.05. The Bertz CT molecular complexity index is 1100. The number of nitrogens with zero attached hydrogens (tertiary/aromatic N) is 4. The van der Waals surface area contributed by atoms with Crippen LogP contribution in [0.3, 0.4) is 0 Å². The highest BCUT2D eigenvalue weighted by Crippen LogP contribution is 2.31. The van der Waals surface area contributed by atoms with Gasteiger partial charge in [-0.1, -0.05) is 36.4 Å². The van der Waals surface area contributed by atoms with Crippen LogP contribution in [0.5, 0.6) is 0 Å². The monoisotopic (exact) mass is 384 g/mol. The van der Waals surface area contributed by atoms with Gasteiger partial charge >= 0.3 is 0 Å². The molecular formula is C23H24N6. The van der Waals surface area contributed by atoms with Gasteiger partial charge in [0.25, 0.3) is 0 Å². The molecule has 6 heteroatoms. The summed E-state index contributed by atoms with van der Waals surface area (Å²) < 4.78 is 0. The maximum absolute atomic E-state index is 6.10. The lowest BCUT2D eigenvalue weighted by Gasteiger charge is -2.26. The first kappa shape index (κ1) is 17.6. The van der Waals surface area contributed by atoms with Gasteiger partial charge in [-0.15, -0.1) is 0 Å². The Morgan fingerprint density at radius 3 is 1.55 bits per heavy atom. The van der Waals surface area contributed by atoms with E-state index in [2.05, 4.69) is 44.0 Å². The smallest absolute Gasteiger partial charge is 0.126 e. The van der Waals surface area contributed by atoms with Gasteiger partial charge in [-0.25, -0.2) is 9.97 Å². The summed E-state index contributed by atoms with van der Waals surface area (Å²) >= 11 is 0. The molecule has 29 heavy (non-hydrogen) atoms. The summed E-state index contributed by atoms with van der Waals surface area (Å²) in [5.41, 5.74) is 16.4. The molecule has 2 aromatic carbocycles. The van der Waals surface area contributed by atoms with Gasteiger partial charge in [-0.05, 0) is 18.6 Å². The number of nitrogens with two attached hydrogens (primary N) is 2. The van der Waals surface area contributed by atoms with E-state index >= 15 is 0 Å². The van der Waals surface area contributed by atoms with Crippen molar-refractivity contribution in [2.45, 2.75) is 6.42 Å². The fourth-order valence-corrected chi connectivity index (χ4v) is 4.28. The van der Waals surface area contributed by atoms with Crippen LogP contribution in [0.4, 0.5) is 23.0 Å². The van der Waals surface area contributed by atoms with Crippen LogP contribution < -0.4 is 21.3 Å². The number of nitrogen functional groups attached to an aromatic ring is 2. The summed E-state index contributed by atoms with van der Waals surface area (Å²) in [5, 5.41) is 2.29. The van der Waals surface area contributed by atoms with Gasteiger partial charge in [-0.3, -0.25) is 0 Å². The molecule has 0 atom stereocenters. The Balaban J connectivity index is 1.48. The summed E-state index contributed by atoms with van der Waals surface area (Å²) in [7, 11) is 0. The summed E-state index contributed by atoms with van der Waals surface area (Å²) in [5.74, 6) is 1.13. The van der Waals surface area contributed by atoms with Crippen molar-refractivity contribution in [3.63, 3.8) is 0 Å². The average molecular weight is 384 g/mol. The zero-order chi connectivity index (χ0) is 19.8. The molecule has 1 aliphatic rings.